The number of anilines is 1. The van der Waals surface area contributed by atoms with Crippen molar-refractivity contribution in [3.05, 3.63) is 64.2 Å². The Morgan fingerprint density at radius 1 is 0.897 bits per heavy atom. The number of amides is 3. The number of urea groups is 1. The van der Waals surface area contributed by atoms with E-state index in [4.69, 9.17) is 0 Å². The molecule has 2 aromatic rings. The molecule has 2 rings (SSSR count). The lowest BCUT2D eigenvalue weighted by molar-refractivity contribution is -0.115. The van der Waals surface area contributed by atoms with Crippen molar-refractivity contribution in [3.63, 3.8) is 0 Å². The molecule has 3 amide bonds. The van der Waals surface area contributed by atoms with Gasteiger partial charge in [0.25, 0.3) is 0 Å². The quantitative estimate of drug-likeness (QED) is 0.671. The van der Waals surface area contributed by atoms with E-state index in [9.17, 15) is 9.59 Å². The van der Waals surface area contributed by atoms with Crippen LogP contribution in [-0.4, -0.2) is 44.0 Å². The van der Waals surface area contributed by atoms with Crippen LogP contribution in [0.4, 0.5) is 10.5 Å². The Morgan fingerprint density at radius 3 is 2.03 bits per heavy atom. The molecule has 29 heavy (non-hydrogen) atoms. The van der Waals surface area contributed by atoms with Gasteiger partial charge in [0.1, 0.15) is 0 Å². The maximum Gasteiger partial charge on any atom is 0.315 e. The zero-order valence-electron chi connectivity index (χ0n) is 18.2. The van der Waals surface area contributed by atoms with Crippen molar-refractivity contribution >= 4 is 17.6 Å². The molecule has 0 saturated heterocycles. The van der Waals surface area contributed by atoms with Crippen molar-refractivity contribution in [2.45, 2.75) is 33.7 Å². The van der Waals surface area contributed by atoms with E-state index in [2.05, 4.69) is 45.1 Å². The number of rotatable bonds is 7. The summed E-state index contributed by atoms with van der Waals surface area (Å²) >= 11 is 0. The van der Waals surface area contributed by atoms with Crippen molar-refractivity contribution in [2.75, 3.05) is 32.5 Å². The van der Waals surface area contributed by atoms with E-state index >= 15 is 0 Å². The molecule has 0 spiro atoms. The zero-order chi connectivity index (χ0) is 21.6. The molecule has 6 heteroatoms. The van der Waals surface area contributed by atoms with Gasteiger partial charge in [-0.3, -0.25) is 4.79 Å². The van der Waals surface area contributed by atoms with E-state index in [0.717, 1.165) is 27.9 Å². The van der Waals surface area contributed by atoms with Gasteiger partial charge >= 0.3 is 6.03 Å². The molecule has 0 aromatic heterocycles. The maximum atomic E-state index is 12.2. The average Bonchev–Trinajstić information content (AvgIpc) is 2.64. The van der Waals surface area contributed by atoms with Gasteiger partial charge in [0, 0.05) is 12.2 Å². The molecule has 0 saturated carbocycles. The summed E-state index contributed by atoms with van der Waals surface area (Å²) in [5.41, 5.74) is 6.29. The molecular weight excluding hydrogens is 364 g/mol. The number of carbonyl (C=O) groups is 2. The minimum atomic E-state index is -0.364. The van der Waals surface area contributed by atoms with Gasteiger partial charge in [-0.2, -0.15) is 0 Å². The second kappa shape index (κ2) is 10.1. The summed E-state index contributed by atoms with van der Waals surface area (Å²) in [7, 11) is 3.95. The summed E-state index contributed by atoms with van der Waals surface area (Å²) in [5, 5.41) is 8.37. The first-order valence-corrected chi connectivity index (χ1v) is 9.79. The molecule has 0 heterocycles. The third kappa shape index (κ3) is 6.61. The predicted octanol–water partition coefficient (Wildman–Crippen LogP) is 3.46. The fourth-order valence-corrected chi connectivity index (χ4v) is 3.36. The molecule has 0 aliphatic heterocycles. The van der Waals surface area contributed by atoms with Crippen LogP contribution in [0, 0.1) is 27.7 Å². The summed E-state index contributed by atoms with van der Waals surface area (Å²) < 4.78 is 0. The fourth-order valence-electron chi connectivity index (χ4n) is 3.36. The second-order valence-corrected chi connectivity index (χ2v) is 7.78. The molecule has 2 aromatic carbocycles. The summed E-state index contributed by atoms with van der Waals surface area (Å²) in [5.74, 6) is -0.252. The van der Waals surface area contributed by atoms with Crippen molar-refractivity contribution in [1.29, 1.82) is 0 Å². The van der Waals surface area contributed by atoms with Crippen LogP contribution in [0.25, 0.3) is 0 Å². The number of carbonyl (C=O) groups excluding carboxylic acids is 2. The van der Waals surface area contributed by atoms with E-state index in [1.807, 2.05) is 53.9 Å². The topological polar surface area (TPSA) is 73.5 Å². The highest BCUT2D eigenvalue weighted by Crippen LogP contribution is 2.21. The highest BCUT2D eigenvalue weighted by atomic mass is 16.2. The van der Waals surface area contributed by atoms with E-state index in [1.165, 1.54) is 5.56 Å². The Labute approximate surface area is 173 Å². The molecule has 1 unspecified atom stereocenters. The Morgan fingerprint density at radius 2 is 1.48 bits per heavy atom. The Kier molecular flexibility index (Phi) is 7.79. The minimum Gasteiger partial charge on any atom is -0.336 e. The molecule has 3 N–H and O–H groups in total. The summed E-state index contributed by atoms with van der Waals surface area (Å²) in [4.78, 5) is 26.5. The highest BCUT2D eigenvalue weighted by molar-refractivity contribution is 5.95. The van der Waals surface area contributed by atoms with Crippen LogP contribution in [0.3, 0.4) is 0 Å². The van der Waals surface area contributed by atoms with Crippen LogP contribution in [0.2, 0.25) is 0 Å². The van der Waals surface area contributed by atoms with E-state index in [-0.39, 0.29) is 24.5 Å². The zero-order valence-corrected chi connectivity index (χ0v) is 18.2. The third-order valence-corrected chi connectivity index (χ3v) is 4.89. The standard InChI is InChI=1S/C23H32N4O2/c1-15-7-9-19(10-8-15)20(27(5)6)13-24-23(29)25-14-21(28)26-22-17(3)11-16(2)12-18(22)4/h7-12,20H,13-14H2,1-6H3,(H,26,28)(H2,24,25,29). The van der Waals surface area contributed by atoms with Crippen molar-refractivity contribution in [1.82, 2.24) is 15.5 Å². The first-order valence-electron chi connectivity index (χ1n) is 9.79. The number of hydrogen-bond acceptors (Lipinski definition) is 3. The number of nitrogens with zero attached hydrogens (tertiary/aromatic N) is 1. The monoisotopic (exact) mass is 396 g/mol. The second-order valence-electron chi connectivity index (χ2n) is 7.78. The lowest BCUT2D eigenvalue weighted by Gasteiger charge is -2.25. The minimum absolute atomic E-state index is 0.0491. The summed E-state index contributed by atoms with van der Waals surface area (Å²) in [6.07, 6.45) is 0. The van der Waals surface area contributed by atoms with Gasteiger partial charge in [0.15, 0.2) is 0 Å². The van der Waals surface area contributed by atoms with Gasteiger partial charge in [-0.25, -0.2) is 4.79 Å². The fraction of sp³-hybridized carbons (Fsp3) is 0.391. The van der Waals surface area contributed by atoms with Crippen LogP contribution in [0.1, 0.15) is 33.9 Å². The van der Waals surface area contributed by atoms with E-state index in [1.54, 1.807) is 0 Å². The number of likely N-dealkylation sites (N-methyl/N-ethyl adjacent to an activating group) is 1. The van der Waals surface area contributed by atoms with Gasteiger partial charge in [0.05, 0.1) is 12.6 Å². The molecule has 1 atom stereocenters. The average molecular weight is 397 g/mol. The largest absolute Gasteiger partial charge is 0.336 e. The highest BCUT2D eigenvalue weighted by Gasteiger charge is 2.16. The Bertz CT molecular complexity index is 837. The lowest BCUT2D eigenvalue weighted by atomic mass is 10.0. The Hall–Kier alpha value is -2.86. The molecule has 156 valence electrons. The molecule has 0 bridgehead atoms. The summed E-state index contributed by atoms with van der Waals surface area (Å²) in [6.45, 7) is 8.35. The van der Waals surface area contributed by atoms with Crippen molar-refractivity contribution in [3.8, 4) is 0 Å². The third-order valence-electron chi connectivity index (χ3n) is 4.89. The molecule has 0 aliphatic carbocycles. The lowest BCUT2D eigenvalue weighted by Crippen LogP contribution is -2.43. The van der Waals surface area contributed by atoms with E-state index in [0.29, 0.717) is 6.54 Å². The SMILES string of the molecule is Cc1ccc(C(CNC(=O)NCC(=O)Nc2c(C)cc(C)cc2C)N(C)C)cc1. The maximum absolute atomic E-state index is 12.2. The van der Waals surface area contributed by atoms with E-state index < -0.39 is 0 Å². The molecule has 6 nitrogen and oxygen atoms in total. The predicted molar refractivity (Wildman–Crippen MR) is 118 cm³/mol. The smallest absolute Gasteiger partial charge is 0.315 e. The van der Waals surface area contributed by atoms with Gasteiger partial charge < -0.3 is 20.9 Å². The Balaban J connectivity index is 1.85. The first kappa shape index (κ1) is 22.4. The number of aryl methyl sites for hydroxylation is 4. The number of nitrogens with one attached hydrogen (secondary N) is 3. The van der Waals surface area contributed by atoms with Crippen LogP contribution in [0.5, 0.6) is 0 Å². The van der Waals surface area contributed by atoms with Crippen molar-refractivity contribution in [2.24, 2.45) is 0 Å². The first-order chi connectivity index (χ1) is 13.7. The van der Waals surface area contributed by atoms with Gasteiger partial charge in [-0.05, 0) is 58.5 Å². The van der Waals surface area contributed by atoms with Crippen LogP contribution < -0.4 is 16.0 Å². The van der Waals surface area contributed by atoms with Crippen LogP contribution in [0.15, 0.2) is 36.4 Å². The van der Waals surface area contributed by atoms with Crippen molar-refractivity contribution < 1.29 is 9.59 Å². The number of benzene rings is 2. The van der Waals surface area contributed by atoms with Gasteiger partial charge in [0.2, 0.25) is 5.91 Å². The van der Waals surface area contributed by atoms with Crippen LogP contribution >= 0.6 is 0 Å². The molecule has 0 fully saturated rings. The summed E-state index contributed by atoms with van der Waals surface area (Å²) in [6, 6.07) is 12.0. The molecule has 0 radical (unpaired) electrons. The molecule has 0 aliphatic rings. The van der Waals surface area contributed by atoms with Gasteiger partial charge in [-0.1, -0.05) is 47.5 Å². The number of hydrogen-bond donors (Lipinski definition) is 3. The normalized spacial score (nSPS) is 11.8. The van der Waals surface area contributed by atoms with Crippen LogP contribution in [-0.2, 0) is 4.79 Å². The molecular formula is C23H32N4O2. The van der Waals surface area contributed by atoms with Gasteiger partial charge in [-0.15, -0.1) is 0 Å².